The Balaban J connectivity index is 1.76. The number of amidine groups is 1. The molecule has 0 fully saturated rings. The molecular weight excluding hydrogens is 356 g/mol. The molecule has 0 amide bonds. The molecule has 0 spiro atoms. The van der Waals surface area contributed by atoms with Crippen LogP contribution in [0.2, 0.25) is 0 Å². The number of para-hydroxylation sites is 2. The molecule has 0 saturated heterocycles. The number of aliphatic hydroxyl groups excluding tert-OH is 1. The molecule has 0 unspecified atom stereocenters. The van der Waals surface area contributed by atoms with Crippen LogP contribution in [0.1, 0.15) is 12.7 Å². The molecule has 2 heterocycles. The summed E-state index contributed by atoms with van der Waals surface area (Å²) in [6.45, 7) is 2.92. The minimum Gasteiger partial charge on any atom is -0.509 e. The van der Waals surface area contributed by atoms with E-state index in [1.807, 2.05) is 41.8 Å². The quantitative estimate of drug-likeness (QED) is 0.705. The Labute approximate surface area is 162 Å². The van der Waals surface area contributed by atoms with Gasteiger partial charge in [0.25, 0.3) is 0 Å². The summed E-state index contributed by atoms with van der Waals surface area (Å²) in [5, 5.41) is 19.4. The Kier molecular flexibility index (Phi) is 4.43. The predicted octanol–water partition coefficient (Wildman–Crippen LogP) is 3.84. The van der Waals surface area contributed by atoms with Crippen LogP contribution in [-0.2, 0) is 6.54 Å². The third-order valence-corrected chi connectivity index (χ3v) is 4.98. The second-order valence-electron chi connectivity index (χ2n) is 6.46. The molecule has 144 valence electrons. The number of nitrogens with one attached hydrogen (secondary N) is 1. The molecule has 0 radical (unpaired) electrons. The van der Waals surface area contributed by atoms with E-state index in [0.717, 1.165) is 16.7 Å². The highest BCUT2D eigenvalue weighted by molar-refractivity contribution is 6.30. The maximum Gasteiger partial charge on any atom is 0.162 e. The van der Waals surface area contributed by atoms with Crippen molar-refractivity contribution in [2.45, 2.75) is 13.5 Å². The number of rotatable bonds is 5. The van der Waals surface area contributed by atoms with Gasteiger partial charge < -0.3 is 24.0 Å². The van der Waals surface area contributed by atoms with Crippen molar-refractivity contribution in [1.82, 2.24) is 9.55 Å². The predicted molar refractivity (Wildman–Crippen MR) is 110 cm³/mol. The van der Waals surface area contributed by atoms with Gasteiger partial charge in [0.2, 0.25) is 0 Å². The van der Waals surface area contributed by atoms with Crippen LogP contribution in [-0.4, -0.2) is 41.3 Å². The maximum atomic E-state index is 10.7. The number of aryl methyl sites for hydroxylation is 1. The van der Waals surface area contributed by atoms with Gasteiger partial charge in [-0.3, -0.25) is 5.41 Å². The molecule has 7 nitrogen and oxygen atoms in total. The summed E-state index contributed by atoms with van der Waals surface area (Å²) in [4.78, 5) is 6.42. The summed E-state index contributed by atoms with van der Waals surface area (Å²) in [5.74, 6) is 2.12. The van der Waals surface area contributed by atoms with Crippen LogP contribution in [0.3, 0.4) is 0 Å². The Bertz CT molecular complexity index is 1100. The molecule has 2 N–H and O–H groups in total. The largest absolute Gasteiger partial charge is 0.509 e. The van der Waals surface area contributed by atoms with Crippen LogP contribution < -0.4 is 14.4 Å². The minimum absolute atomic E-state index is 0.129. The number of methoxy groups -OCH3 is 2. The molecular formula is C21H22N4O3. The number of anilines is 1. The monoisotopic (exact) mass is 378 g/mol. The molecule has 1 aliphatic heterocycles. The van der Waals surface area contributed by atoms with Crippen molar-refractivity contribution in [2.24, 2.45) is 0 Å². The second kappa shape index (κ2) is 6.92. The lowest BCUT2D eigenvalue weighted by Gasteiger charge is -2.20. The van der Waals surface area contributed by atoms with Crippen molar-refractivity contribution >= 4 is 28.1 Å². The Morgan fingerprint density at radius 2 is 1.86 bits per heavy atom. The van der Waals surface area contributed by atoms with Crippen molar-refractivity contribution in [3.63, 3.8) is 0 Å². The third kappa shape index (κ3) is 2.67. The molecule has 0 aliphatic carbocycles. The van der Waals surface area contributed by atoms with E-state index in [0.29, 0.717) is 29.4 Å². The SMILES string of the molecule is CCn1c(C2=C(O)CN(c3ccc(OC)c(OC)c3)C2=N)nc2ccccc21. The summed E-state index contributed by atoms with van der Waals surface area (Å²) < 4.78 is 12.7. The van der Waals surface area contributed by atoms with Crippen LogP contribution in [0.4, 0.5) is 5.69 Å². The lowest BCUT2D eigenvalue weighted by Crippen LogP contribution is -2.26. The molecule has 7 heteroatoms. The van der Waals surface area contributed by atoms with Crippen molar-refractivity contribution in [1.29, 1.82) is 5.41 Å². The van der Waals surface area contributed by atoms with Crippen molar-refractivity contribution < 1.29 is 14.6 Å². The van der Waals surface area contributed by atoms with Crippen molar-refractivity contribution in [2.75, 3.05) is 25.7 Å². The summed E-state index contributed by atoms with van der Waals surface area (Å²) in [5.41, 5.74) is 3.02. The van der Waals surface area contributed by atoms with Gasteiger partial charge in [0.05, 0.1) is 37.4 Å². The first-order valence-corrected chi connectivity index (χ1v) is 9.05. The van der Waals surface area contributed by atoms with Gasteiger partial charge in [-0.25, -0.2) is 4.98 Å². The molecule has 3 aromatic rings. The van der Waals surface area contributed by atoms with E-state index in [9.17, 15) is 5.11 Å². The number of benzene rings is 2. The van der Waals surface area contributed by atoms with Gasteiger partial charge >= 0.3 is 0 Å². The lowest BCUT2D eigenvalue weighted by atomic mass is 10.2. The fourth-order valence-electron chi connectivity index (χ4n) is 3.61. The van der Waals surface area contributed by atoms with E-state index in [2.05, 4.69) is 4.98 Å². The van der Waals surface area contributed by atoms with Gasteiger partial charge in [-0.1, -0.05) is 12.1 Å². The van der Waals surface area contributed by atoms with Crippen LogP contribution in [0.15, 0.2) is 48.2 Å². The fourth-order valence-corrected chi connectivity index (χ4v) is 3.61. The number of ether oxygens (including phenoxy) is 2. The van der Waals surface area contributed by atoms with Crippen LogP contribution in [0.25, 0.3) is 16.6 Å². The van der Waals surface area contributed by atoms with E-state index < -0.39 is 0 Å². The average molecular weight is 378 g/mol. The number of hydrogen-bond acceptors (Lipinski definition) is 5. The molecule has 0 atom stereocenters. The van der Waals surface area contributed by atoms with Crippen LogP contribution in [0, 0.1) is 5.41 Å². The van der Waals surface area contributed by atoms with E-state index >= 15 is 0 Å². The number of aromatic nitrogens is 2. The summed E-state index contributed by atoms with van der Waals surface area (Å²) in [6.07, 6.45) is 0. The average Bonchev–Trinajstić information content (AvgIpc) is 3.23. The van der Waals surface area contributed by atoms with Gasteiger partial charge in [0.1, 0.15) is 17.4 Å². The first kappa shape index (κ1) is 17.9. The number of hydrogen-bond donors (Lipinski definition) is 2. The summed E-state index contributed by atoms with van der Waals surface area (Å²) in [7, 11) is 3.15. The van der Waals surface area contributed by atoms with Gasteiger partial charge in [-0.05, 0) is 31.2 Å². The Morgan fingerprint density at radius 3 is 2.57 bits per heavy atom. The summed E-state index contributed by atoms with van der Waals surface area (Å²) in [6, 6.07) is 13.3. The highest BCUT2D eigenvalue weighted by atomic mass is 16.5. The van der Waals surface area contributed by atoms with E-state index in [-0.39, 0.29) is 18.1 Å². The van der Waals surface area contributed by atoms with Gasteiger partial charge in [0, 0.05) is 18.3 Å². The summed E-state index contributed by atoms with van der Waals surface area (Å²) >= 11 is 0. The smallest absolute Gasteiger partial charge is 0.162 e. The van der Waals surface area contributed by atoms with Crippen molar-refractivity contribution in [3.8, 4) is 11.5 Å². The Hall–Kier alpha value is -3.48. The zero-order chi connectivity index (χ0) is 19.8. The molecule has 1 aliphatic rings. The topological polar surface area (TPSA) is 83.6 Å². The molecule has 0 saturated carbocycles. The van der Waals surface area contributed by atoms with Gasteiger partial charge in [-0.15, -0.1) is 0 Å². The molecule has 0 bridgehead atoms. The molecule has 1 aromatic heterocycles. The first-order chi connectivity index (χ1) is 13.6. The highest BCUT2D eigenvalue weighted by Crippen LogP contribution is 2.36. The second-order valence-corrected chi connectivity index (χ2v) is 6.46. The first-order valence-electron chi connectivity index (χ1n) is 9.05. The standard InChI is InChI=1S/C21H22N4O3/c1-4-24-15-8-6-5-7-14(15)23-21(24)19-16(26)12-25(20(19)22)13-9-10-17(27-2)18(11-13)28-3/h5-11,22,26H,4,12H2,1-3H3. The van der Waals surface area contributed by atoms with E-state index in [1.54, 1.807) is 31.3 Å². The number of aliphatic hydroxyl groups is 1. The van der Waals surface area contributed by atoms with Crippen molar-refractivity contribution in [3.05, 3.63) is 54.0 Å². The van der Waals surface area contributed by atoms with E-state index in [4.69, 9.17) is 14.9 Å². The van der Waals surface area contributed by atoms with Gasteiger partial charge in [0.15, 0.2) is 11.5 Å². The fraction of sp³-hybridized carbons (Fsp3) is 0.238. The number of nitrogens with zero attached hydrogens (tertiary/aromatic N) is 3. The lowest BCUT2D eigenvalue weighted by molar-refractivity contribution is 0.355. The minimum atomic E-state index is 0.129. The van der Waals surface area contributed by atoms with Crippen LogP contribution >= 0.6 is 0 Å². The molecule has 2 aromatic carbocycles. The van der Waals surface area contributed by atoms with Gasteiger partial charge in [-0.2, -0.15) is 0 Å². The van der Waals surface area contributed by atoms with E-state index in [1.165, 1.54) is 0 Å². The number of fused-ring (bicyclic) bond motifs is 1. The van der Waals surface area contributed by atoms with Crippen LogP contribution in [0.5, 0.6) is 11.5 Å². The highest BCUT2D eigenvalue weighted by Gasteiger charge is 2.33. The third-order valence-electron chi connectivity index (χ3n) is 4.98. The maximum absolute atomic E-state index is 10.7. The number of imidazole rings is 1. The molecule has 28 heavy (non-hydrogen) atoms. The Morgan fingerprint density at radius 1 is 1.11 bits per heavy atom. The zero-order valence-corrected chi connectivity index (χ0v) is 16.1. The zero-order valence-electron chi connectivity index (χ0n) is 16.1. The normalized spacial score (nSPS) is 14.2. The molecule has 4 rings (SSSR count).